The molecule has 0 aromatic heterocycles. The Bertz CT molecular complexity index is 492. The van der Waals surface area contributed by atoms with Crippen molar-refractivity contribution in [1.82, 2.24) is 4.90 Å². The standard InChI is InChI=1S/C15H17F2NO2/c16-12-9-18-8-4-7-15(18,13(12)17)10-20-14(19)11-5-2-1-3-6-11/h1-3,5-6,12-13H,4,7-10H2/t12-,13-,15+/m1/s1. The number of hydrogen-bond acceptors (Lipinski definition) is 3. The number of ether oxygens (including phenoxy) is 1. The van der Waals surface area contributed by atoms with E-state index in [0.29, 0.717) is 18.5 Å². The number of carbonyl (C=O) groups is 1. The fourth-order valence-electron chi connectivity index (χ4n) is 3.27. The number of alkyl halides is 2. The number of halogens is 2. The Morgan fingerprint density at radius 3 is 2.85 bits per heavy atom. The van der Waals surface area contributed by atoms with Crippen molar-refractivity contribution in [3.8, 4) is 0 Å². The van der Waals surface area contributed by atoms with E-state index < -0.39 is 23.9 Å². The number of benzene rings is 1. The molecule has 0 spiro atoms. The van der Waals surface area contributed by atoms with Gasteiger partial charge in [-0.2, -0.15) is 0 Å². The monoisotopic (exact) mass is 281 g/mol. The van der Waals surface area contributed by atoms with Gasteiger partial charge in [-0.3, -0.25) is 4.90 Å². The molecule has 0 amide bonds. The van der Waals surface area contributed by atoms with Crippen molar-refractivity contribution in [1.29, 1.82) is 0 Å². The molecule has 2 saturated heterocycles. The highest BCUT2D eigenvalue weighted by Crippen LogP contribution is 2.42. The van der Waals surface area contributed by atoms with E-state index in [4.69, 9.17) is 4.74 Å². The first-order valence-corrected chi connectivity index (χ1v) is 6.89. The van der Waals surface area contributed by atoms with Crippen LogP contribution in [0.5, 0.6) is 0 Å². The third kappa shape index (κ3) is 2.10. The molecule has 0 bridgehead atoms. The molecule has 2 aliphatic rings. The average Bonchev–Trinajstić information content (AvgIpc) is 2.97. The summed E-state index contributed by atoms with van der Waals surface area (Å²) in [4.78, 5) is 13.7. The molecule has 3 nitrogen and oxygen atoms in total. The molecule has 3 atom stereocenters. The minimum atomic E-state index is -1.58. The molecule has 1 aromatic rings. The number of nitrogens with zero attached hydrogens (tertiary/aromatic N) is 1. The van der Waals surface area contributed by atoms with Crippen LogP contribution >= 0.6 is 0 Å². The van der Waals surface area contributed by atoms with Gasteiger partial charge in [0, 0.05) is 6.54 Å². The van der Waals surface area contributed by atoms with Gasteiger partial charge >= 0.3 is 5.97 Å². The predicted molar refractivity (Wildman–Crippen MR) is 70.1 cm³/mol. The molecular formula is C15H17F2NO2. The number of hydrogen-bond donors (Lipinski definition) is 0. The maximum Gasteiger partial charge on any atom is 0.338 e. The minimum Gasteiger partial charge on any atom is -0.460 e. The van der Waals surface area contributed by atoms with E-state index in [0.717, 1.165) is 6.42 Å². The van der Waals surface area contributed by atoms with Crippen LogP contribution in [0, 0.1) is 0 Å². The highest BCUT2D eigenvalue weighted by atomic mass is 19.2. The molecule has 3 rings (SSSR count). The summed E-state index contributed by atoms with van der Waals surface area (Å²) in [6, 6.07) is 8.57. The van der Waals surface area contributed by atoms with Gasteiger partial charge in [0.2, 0.25) is 0 Å². The zero-order valence-corrected chi connectivity index (χ0v) is 11.1. The summed E-state index contributed by atoms with van der Waals surface area (Å²) < 4.78 is 33.0. The maximum atomic E-state index is 14.2. The third-order valence-corrected chi connectivity index (χ3v) is 4.36. The second-order valence-corrected chi connectivity index (χ2v) is 5.51. The molecular weight excluding hydrogens is 264 g/mol. The Labute approximate surface area is 116 Å². The predicted octanol–water partition coefficient (Wildman–Crippen LogP) is 2.37. The molecule has 0 N–H and O–H groups in total. The van der Waals surface area contributed by atoms with Crippen molar-refractivity contribution in [2.75, 3.05) is 19.7 Å². The molecule has 0 aliphatic carbocycles. The highest BCUT2D eigenvalue weighted by molar-refractivity contribution is 5.89. The van der Waals surface area contributed by atoms with Crippen LogP contribution in [0.1, 0.15) is 23.2 Å². The first-order valence-electron chi connectivity index (χ1n) is 6.89. The van der Waals surface area contributed by atoms with E-state index in [1.807, 2.05) is 0 Å². The SMILES string of the molecule is O=C(OC[C@]12CCCN1C[C@@H](F)[C@H]2F)c1ccccc1. The Morgan fingerprint density at radius 2 is 2.10 bits per heavy atom. The molecule has 20 heavy (non-hydrogen) atoms. The van der Waals surface area contributed by atoms with E-state index in [1.54, 1.807) is 35.2 Å². The lowest BCUT2D eigenvalue weighted by Crippen LogP contribution is -2.49. The van der Waals surface area contributed by atoms with E-state index in [-0.39, 0.29) is 13.2 Å². The number of esters is 1. The molecule has 2 heterocycles. The van der Waals surface area contributed by atoms with Crippen LogP contribution < -0.4 is 0 Å². The van der Waals surface area contributed by atoms with Gasteiger partial charge < -0.3 is 4.74 Å². The molecule has 1 aromatic carbocycles. The zero-order chi connectivity index (χ0) is 14.2. The number of carbonyl (C=O) groups excluding carboxylic acids is 1. The highest BCUT2D eigenvalue weighted by Gasteiger charge is 2.57. The van der Waals surface area contributed by atoms with E-state index in [9.17, 15) is 13.6 Å². The van der Waals surface area contributed by atoms with Crippen LogP contribution in [0.2, 0.25) is 0 Å². The zero-order valence-electron chi connectivity index (χ0n) is 11.1. The van der Waals surface area contributed by atoms with Crippen LogP contribution in [0.3, 0.4) is 0 Å². The lowest BCUT2D eigenvalue weighted by Gasteiger charge is -2.32. The summed E-state index contributed by atoms with van der Waals surface area (Å²) in [6.45, 7) is 0.691. The van der Waals surface area contributed by atoms with Gasteiger partial charge in [-0.05, 0) is 31.5 Å². The second kappa shape index (κ2) is 5.13. The van der Waals surface area contributed by atoms with Crippen molar-refractivity contribution in [3.05, 3.63) is 35.9 Å². The van der Waals surface area contributed by atoms with E-state index in [1.165, 1.54) is 0 Å². The summed E-state index contributed by atoms with van der Waals surface area (Å²) in [5, 5.41) is 0. The van der Waals surface area contributed by atoms with Crippen LogP contribution in [-0.4, -0.2) is 48.4 Å². The number of rotatable bonds is 3. The van der Waals surface area contributed by atoms with E-state index >= 15 is 0 Å². The van der Waals surface area contributed by atoms with Gasteiger partial charge in [0.05, 0.1) is 11.1 Å². The van der Waals surface area contributed by atoms with Gasteiger partial charge in [-0.25, -0.2) is 13.6 Å². The molecule has 2 aliphatic heterocycles. The lowest BCUT2D eigenvalue weighted by atomic mass is 9.93. The Hall–Kier alpha value is -1.49. The molecule has 0 saturated carbocycles. The summed E-state index contributed by atoms with van der Waals surface area (Å²) in [6.07, 6.45) is -1.70. The first kappa shape index (κ1) is 13.5. The second-order valence-electron chi connectivity index (χ2n) is 5.51. The van der Waals surface area contributed by atoms with Crippen molar-refractivity contribution >= 4 is 5.97 Å². The van der Waals surface area contributed by atoms with Crippen LogP contribution in [-0.2, 0) is 4.74 Å². The quantitative estimate of drug-likeness (QED) is 0.797. The summed E-state index contributed by atoms with van der Waals surface area (Å²) in [7, 11) is 0. The average molecular weight is 281 g/mol. The minimum absolute atomic E-state index is 0.0810. The largest absolute Gasteiger partial charge is 0.460 e. The van der Waals surface area contributed by atoms with Crippen molar-refractivity contribution in [2.45, 2.75) is 30.7 Å². The molecule has 2 fully saturated rings. The maximum absolute atomic E-state index is 14.2. The third-order valence-electron chi connectivity index (χ3n) is 4.36. The normalized spacial score (nSPS) is 33.1. The fraction of sp³-hybridized carbons (Fsp3) is 0.533. The molecule has 5 heteroatoms. The van der Waals surface area contributed by atoms with Gasteiger partial charge in [0.25, 0.3) is 0 Å². The summed E-state index contributed by atoms with van der Waals surface area (Å²) >= 11 is 0. The topological polar surface area (TPSA) is 29.5 Å². The van der Waals surface area contributed by atoms with Gasteiger partial charge in [0.1, 0.15) is 12.8 Å². The first-order chi connectivity index (χ1) is 9.63. The van der Waals surface area contributed by atoms with Crippen molar-refractivity contribution < 1.29 is 18.3 Å². The van der Waals surface area contributed by atoms with Gasteiger partial charge in [-0.1, -0.05) is 18.2 Å². The van der Waals surface area contributed by atoms with E-state index in [2.05, 4.69) is 0 Å². The van der Waals surface area contributed by atoms with Crippen molar-refractivity contribution in [3.63, 3.8) is 0 Å². The van der Waals surface area contributed by atoms with Crippen LogP contribution in [0.4, 0.5) is 8.78 Å². The fourth-order valence-corrected chi connectivity index (χ4v) is 3.27. The Morgan fingerprint density at radius 1 is 1.35 bits per heavy atom. The van der Waals surface area contributed by atoms with Gasteiger partial charge in [-0.15, -0.1) is 0 Å². The molecule has 108 valence electrons. The lowest BCUT2D eigenvalue weighted by molar-refractivity contribution is 0.00460. The Kier molecular flexibility index (Phi) is 3.46. The number of fused-ring (bicyclic) bond motifs is 1. The van der Waals surface area contributed by atoms with Gasteiger partial charge in [0.15, 0.2) is 6.17 Å². The smallest absolute Gasteiger partial charge is 0.338 e. The van der Waals surface area contributed by atoms with Crippen LogP contribution in [0.25, 0.3) is 0 Å². The molecule has 0 radical (unpaired) electrons. The van der Waals surface area contributed by atoms with Crippen LogP contribution in [0.15, 0.2) is 30.3 Å². The Balaban J connectivity index is 1.70. The summed E-state index contributed by atoms with van der Waals surface area (Å²) in [5.74, 6) is -0.485. The molecule has 0 unspecified atom stereocenters. The summed E-state index contributed by atoms with van der Waals surface area (Å²) in [5.41, 5.74) is -0.525. The van der Waals surface area contributed by atoms with Crippen molar-refractivity contribution in [2.24, 2.45) is 0 Å².